The number of para-hydroxylation sites is 2. The van der Waals surface area contributed by atoms with Gasteiger partial charge in [0.2, 0.25) is 21.8 Å². The fraction of sp³-hybridized carbons (Fsp3) is 0.417. The van der Waals surface area contributed by atoms with Crippen LogP contribution >= 0.6 is 0 Å². The van der Waals surface area contributed by atoms with Crippen LogP contribution in [0, 0.1) is 11.7 Å². The highest BCUT2D eigenvalue weighted by molar-refractivity contribution is 7.92. The smallest absolute Gasteiger partial charge is 0.244 e. The van der Waals surface area contributed by atoms with Crippen molar-refractivity contribution in [1.82, 2.24) is 10.2 Å². The number of hydrogen-bond acceptors (Lipinski definition) is 5. The Balaban J connectivity index is 2.39. The molecule has 34 heavy (non-hydrogen) atoms. The molecule has 0 radical (unpaired) electrons. The zero-order valence-electron chi connectivity index (χ0n) is 20.1. The molecule has 0 aromatic heterocycles. The maximum absolute atomic E-state index is 13.5. The van der Waals surface area contributed by atoms with Crippen molar-refractivity contribution in [1.29, 1.82) is 0 Å². The summed E-state index contributed by atoms with van der Waals surface area (Å²) in [5, 5.41) is 2.80. The predicted molar refractivity (Wildman–Crippen MR) is 129 cm³/mol. The second kappa shape index (κ2) is 11.8. The molecule has 2 aromatic rings. The van der Waals surface area contributed by atoms with E-state index in [0.29, 0.717) is 12.1 Å². The molecule has 0 bridgehead atoms. The molecule has 1 N–H and O–H groups in total. The van der Waals surface area contributed by atoms with Crippen molar-refractivity contribution < 1.29 is 27.1 Å². The van der Waals surface area contributed by atoms with Gasteiger partial charge >= 0.3 is 0 Å². The molecule has 2 rings (SSSR count). The van der Waals surface area contributed by atoms with Crippen LogP contribution in [-0.4, -0.2) is 57.6 Å². The largest absolute Gasteiger partial charge is 0.495 e. The fourth-order valence-electron chi connectivity index (χ4n) is 3.25. The first-order chi connectivity index (χ1) is 15.9. The van der Waals surface area contributed by atoms with Crippen molar-refractivity contribution in [3.8, 4) is 5.75 Å². The van der Waals surface area contributed by atoms with Gasteiger partial charge in [0.15, 0.2) is 0 Å². The number of rotatable bonds is 11. The van der Waals surface area contributed by atoms with Gasteiger partial charge in [-0.3, -0.25) is 13.9 Å². The van der Waals surface area contributed by atoms with Crippen molar-refractivity contribution in [3.63, 3.8) is 0 Å². The first kappa shape index (κ1) is 27.1. The SMILES string of the molecule is COc1ccccc1N(CC(=O)N(Cc1ccc(F)cc1)[C@H](C)C(=O)NCC(C)C)S(C)(=O)=O. The summed E-state index contributed by atoms with van der Waals surface area (Å²) in [6, 6.07) is 11.1. The Bertz CT molecular complexity index is 1090. The highest BCUT2D eigenvalue weighted by Gasteiger charge is 2.31. The Morgan fingerprint density at radius 2 is 1.68 bits per heavy atom. The topological polar surface area (TPSA) is 96.0 Å². The average Bonchev–Trinajstić information content (AvgIpc) is 2.79. The molecule has 0 spiro atoms. The van der Waals surface area contributed by atoms with E-state index in [2.05, 4.69) is 5.32 Å². The molecule has 10 heteroatoms. The highest BCUT2D eigenvalue weighted by atomic mass is 32.2. The molecule has 0 fully saturated rings. The van der Waals surface area contributed by atoms with Crippen molar-refractivity contribution in [2.45, 2.75) is 33.4 Å². The van der Waals surface area contributed by atoms with E-state index in [1.54, 1.807) is 25.1 Å². The van der Waals surface area contributed by atoms with Crippen LogP contribution in [0.5, 0.6) is 5.75 Å². The molecule has 186 valence electrons. The number of hydrogen-bond donors (Lipinski definition) is 1. The van der Waals surface area contributed by atoms with Gasteiger partial charge in [0.25, 0.3) is 0 Å². The van der Waals surface area contributed by atoms with E-state index in [0.717, 1.165) is 10.6 Å². The van der Waals surface area contributed by atoms with Gasteiger partial charge in [-0.15, -0.1) is 0 Å². The van der Waals surface area contributed by atoms with Crippen molar-refractivity contribution in [2.75, 3.05) is 30.8 Å². The lowest BCUT2D eigenvalue weighted by Gasteiger charge is -2.32. The average molecular weight is 494 g/mol. The summed E-state index contributed by atoms with van der Waals surface area (Å²) in [6.07, 6.45) is 0.996. The summed E-state index contributed by atoms with van der Waals surface area (Å²) in [4.78, 5) is 27.5. The van der Waals surface area contributed by atoms with E-state index < -0.39 is 34.3 Å². The fourth-order valence-corrected chi connectivity index (χ4v) is 4.11. The van der Waals surface area contributed by atoms with E-state index in [4.69, 9.17) is 4.74 Å². The van der Waals surface area contributed by atoms with Crippen LogP contribution in [0.3, 0.4) is 0 Å². The summed E-state index contributed by atoms with van der Waals surface area (Å²) in [6.45, 7) is 5.36. The van der Waals surface area contributed by atoms with E-state index in [-0.39, 0.29) is 29.8 Å². The van der Waals surface area contributed by atoms with E-state index in [1.165, 1.54) is 42.3 Å². The first-order valence-electron chi connectivity index (χ1n) is 10.9. The number of anilines is 1. The van der Waals surface area contributed by atoms with Gasteiger partial charge in [0.05, 0.1) is 19.1 Å². The Kier molecular flexibility index (Phi) is 9.43. The number of ether oxygens (including phenoxy) is 1. The minimum absolute atomic E-state index is 0.00109. The Labute approximate surface area is 200 Å². The zero-order chi connectivity index (χ0) is 25.5. The van der Waals surface area contributed by atoms with Gasteiger partial charge in [-0.25, -0.2) is 12.8 Å². The summed E-state index contributed by atoms with van der Waals surface area (Å²) >= 11 is 0. The van der Waals surface area contributed by atoms with Crippen LogP contribution in [0.15, 0.2) is 48.5 Å². The van der Waals surface area contributed by atoms with Gasteiger partial charge in [-0.05, 0) is 42.7 Å². The molecule has 2 aromatic carbocycles. The number of benzene rings is 2. The lowest BCUT2D eigenvalue weighted by Crippen LogP contribution is -2.51. The maximum Gasteiger partial charge on any atom is 0.244 e. The highest BCUT2D eigenvalue weighted by Crippen LogP contribution is 2.29. The monoisotopic (exact) mass is 493 g/mol. The van der Waals surface area contributed by atoms with Gasteiger partial charge in [0.1, 0.15) is 24.2 Å². The number of nitrogens with one attached hydrogen (secondary N) is 1. The zero-order valence-corrected chi connectivity index (χ0v) is 20.9. The number of nitrogens with zero attached hydrogens (tertiary/aromatic N) is 2. The van der Waals surface area contributed by atoms with Crippen LogP contribution < -0.4 is 14.4 Å². The van der Waals surface area contributed by atoms with E-state index in [9.17, 15) is 22.4 Å². The summed E-state index contributed by atoms with van der Waals surface area (Å²) in [5.74, 6) is -0.888. The molecule has 1 atom stereocenters. The number of amides is 2. The molecule has 0 saturated carbocycles. The number of carbonyl (C=O) groups excluding carboxylic acids is 2. The van der Waals surface area contributed by atoms with Crippen LogP contribution in [0.4, 0.5) is 10.1 Å². The second-order valence-electron chi connectivity index (χ2n) is 8.40. The Morgan fingerprint density at radius 1 is 1.06 bits per heavy atom. The van der Waals surface area contributed by atoms with Crippen LogP contribution in [0.2, 0.25) is 0 Å². The lowest BCUT2D eigenvalue weighted by molar-refractivity contribution is -0.139. The molecular formula is C24H32FN3O5S. The summed E-state index contributed by atoms with van der Waals surface area (Å²) in [7, 11) is -2.46. The van der Waals surface area contributed by atoms with Crippen LogP contribution in [0.1, 0.15) is 26.3 Å². The van der Waals surface area contributed by atoms with Gasteiger partial charge in [-0.2, -0.15) is 0 Å². The molecule has 0 aliphatic rings. The normalized spacial score (nSPS) is 12.2. The van der Waals surface area contributed by atoms with Crippen molar-refractivity contribution in [2.24, 2.45) is 5.92 Å². The van der Waals surface area contributed by atoms with Gasteiger partial charge in [0, 0.05) is 13.1 Å². The molecule has 0 aliphatic heterocycles. The molecular weight excluding hydrogens is 461 g/mol. The number of methoxy groups -OCH3 is 1. The predicted octanol–water partition coefficient (Wildman–Crippen LogP) is 2.79. The van der Waals surface area contributed by atoms with Crippen LogP contribution in [0.25, 0.3) is 0 Å². The standard InChI is InChI=1S/C24H32FN3O5S/c1-17(2)14-26-24(30)18(3)27(15-19-10-12-20(25)13-11-19)23(29)16-28(34(5,31)32)21-8-6-7-9-22(21)33-4/h6-13,17-18H,14-16H2,1-5H3,(H,26,30)/t18-/m1/s1. The molecule has 2 amide bonds. The van der Waals surface area contributed by atoms with Gasteiger partial charge in [-0.1, -0.05) is 38.1 Å². The quantitative estimate of drug-likeness (QED) is 0.519. The lowest BCUT2D eigenvalue weighted by atomic mass is 10.1. The number of halogens is 1. The summed E-state index contributed by atoms with van der Waals surface area (Å²) in [5.41, 5.74) is 0.806. The molecule has 0 unspecified atom stereocenters. The molecule has 0 saturated heterocycles. The Hall–Kier alpha value is -3.14. The number of sulfonamides is 1. The third-order valence-corrected chi connectivity index (χ3v) is 6.28. The third kappa shape index (κ3) is 7.44. The minimum atomic E-state index is -3.87. The molecule has 0 heterocycles. The minimum Gasteiger partial charge on any atom is -0.495 e. The molecule has 8 nitrogen and oxygen atoms in total. The van der Waals surface area contributed by atoms with Crippen molar-refractivity contribution in [3.05, 3.63) is 59.9 Å². The van der Waals surface area contributed by atoms with Crippen molar-refractivity contribution >= 4 is 27.5 Å². The van der Waals surface area contributed by atoms with E-state index >= 15 is 0 Å². The van der Waals surface area contributed by atoms with Crippen LogP contribution in [-0.2, 0) is 26.2 Å². The summed E-state index contributed by atoms with van der Waals surface area (Å²) < 4.78 is 44.8. The van der Waals surface area contributed by atoms with Gasteiger partial charge < -0.3 is 15.0 Å². The second-order valence-corrected chi connectivity index (χ2v) is 10.3. The third-order valence-electron chi connectivity index (χ3n) is 5.15. The maximum atomic E-state index is 13.5. The number of carbonyl (C=O) groups is 2. The Morgan fingerprint density at radius 3 is 2.24 bits per heavy atom. The molecule has 0 aliphatic carbocycles. The first-order valence-corrected chi connectivity index (χ1v) is 12.7. The van der Waals surface area contributed by atoms with E-state index in [1.807, 2.05) is 13.8 Å².